The number of aromatic nitrogens is 1. The summed E-state index contributed by atoms with van der Waals surface area (Å²) in [6.07, 6.45) is 4.24. The molecule has 1 aliphatic rings. The van der Waals surface area contributed by atoms with Crippen LogP contribution in [0.5, 0.6) is 0 Å². The summed E-state index contributed by atoms with van der Waals surface area (Å²) in [7, 11) is 0. The van der Waals surface area contributed by atoms with Gasteiger partial charge in [0.15, 0.2) is 0 Å². The molecule has 3 nitrogen and oxygen atoms in total. The maximum Gasteiger partial charge on any atom is 0.306 e. The Bertz CT molecular complexity index is 408. The Balaban J connectivity index is 2.11. The van der Waals surface area contributed by atoms with Crippen molar-refractivity contribution in [2.75, 3.05) is 0 Å². The van der Waals surface area contributed by atoms with Gasteiger partial charge in [0.1, 0.15) is 5.01 Å². The lowest BCUT2D eigenvalue weighted by molar-refractivity contribution is -0.141. The number of carboxylic acid groups (broad SMARTS) is 1. The molecule has 1 unspecified atom stereocenters. The van der Waals surface area contributed by atoms with E-state index in [2.05, 4.69) is 4.98 Å². The number of carboxylic acids is 1. The van der Waals surface area contributed by atoms with Crippen molar-refractivity contribution in [1.29, 1.82) is 0 Å². The Morgan fingerprint density at radius 2 is 2.47 bits per heavy atom. The Kier molecular flexibility index (Phi) is 2.86. The van der Waals surface area contributed by atoms with E-state index in [9.17, 15) is 4.79 Å². The molecule has 1 aromatic rings. The van der Waals surface area contributed by atoms with Crippen LogP contribution < -0.4 is 0 Å². The predicted octanol–water partition coefficient (Wildman–Crippen LogP) is 2.72. The summed E-state index contributed by atoms with van der Waals surface area (Å²) in [4.78, 5) is 15.2. The molecule has 0 saturated carbocycles. The Hall–Kier alpha value is -1.16. The number of aliphatic carboxylic acids is 1. The molecule has 2 rings (SSSR count). The maximum atomic E-state index is 10.8. The van der Waals surface area contributed by atoms with Crippen molar-refractivity contribution in [3.8, 4) is 0 Å². The van der Waals surface area contributed by atoms with Crippen molar-refractivity contribution >= 4 is 22.9 Å². The summed E-state index contributed by atoms with van der Waals surface area (Å²) in [5.74, 6) is -0.879. The quantitative estimate of drug-likeness (QED) is 0.838. The van der Waals surface area contributed by atoms with Crippen LogP contribution in [0.4, 0.5) is 0 Å². The second kappa shape index (κ2) is 4.14. The van der Waals surface area contributed by atoms with Gasteiger partial charge in [-0.1, -0.05) is 6.08 Å². The number of aryl methyl sites for hydroxylation is 1. The third kappa shape index (κ3) is 2.26. The van der Waals surface area contributed by atoms with E-state index in [4.69, 9.17) is 5.11 Å². The standard InChI is InChI=1S/C11H13NO2S/c1-7-6-15-10(12-7)8-2-4-9(5-3-8)11(13)14/h2,6,9H,3-5H2,1H3,(H,13,14). The van der Waals surface area contributed by atoms with Crippen LogP contribution in [0.25, 0.3) is 5.57 Å². The van der Waals surface area contributed by atoms with E-state index in [1.165, 1.54) is 5.57 Å². The fourth-order valence-electron chi connectivity index (χ4n) is 1.75. The number of hydrogen-bond donors (Lipinski definition) is 1. The summed E-state index contributed by atoms with van der Waals surface area (Å²) in [6, 6.07) is 0. The van der Waals surface area contributed by atoms with Crippen LogP contribution in [0.15, 0.2) is 11.5 Å². The number of carbonyl (C=O) groups is 1. The fraction of sp³-hybridized carbons (Fsp3) is 0.455. The molecule has 0 fully saturated rings. The van der Waals surface area contributed by atoms with E-state index in [1.54, 1.807) is 11.3 Å². The summed E-state index contributed by atoms with van der Waals surface area (Å²) in [5.41, 5.74) is 2.25. The van der Waals surface area contributed by atoms with Gasteiger partial charge in [0.05, 0.1) is 5.92 Å². The lowest BCUT2D eigenvalue weighted by Crippen LogP contribution is -2.15. The molecule has 80 valence electrons. The predicted molar refractivity (Wildman–Crippen MR) is 59.8 cm³/mol. The van der Waals surface area contributed by atoms with Crippen LogP contribution in [0, 0.1) is 12.8 Å². The molecule has 1 N–H and O–H groups in total. The molecule has 15 heavy (non-hydrogen) atoms. The average Bonchev–Trinajstić information content (AvgIpc) is 2.65. The SMILES string of the molecule is Cc1csc(C2=CCC(C(=O)O)CC2)n1. The molecule has 0 bridgehead atoms. The number of rotatable bonds is 2. The first-order valence-electron chi connectivity index (χ1n) is 5.01. The van der Waals surface area contributed by atoms with Crippen molar-refractivity contribution in [2.45, 2.75) is 26.2 Å². The Labute approximate surface area is 92.5 Å². The third-order valence-electron chi connectivity index (χ3n) is 2.65. The zero-order chi connectivity index (χ0) is 10.8. The van der Waals surface area contributed by atoms with Crippen LogP contribution in [0.2, 0.25) is 0 Å². The van der Waals surface area contributed by atoms with Crippen molar-refractivity contribution in [3.05, 3.63) is 22.2 Å². The van der Waals surface area contributed by atoms with Crippen molar-refractivity contribution in [3.63, 3.8) is 0 Å². The second-order valence-electron chi connectivity index (χ2n) is 3.83. The fourth-order valence-corrected chi connectivity index (χ4v) is 2.62. The molecular formula is C11H13NO2S. The first-order valence-corrected chi connectivity index (χ1v) is 5.89. The molecule has 0 aliphatic heterocycles. The highest BCUT2D eigenvalue weighted by molar-refractivity contribution is 7.10. The van der Waals surface area contributed by atoms with Gasteiger partial charge in [-0.25, -0.2) is 4.98 Å². The van der Waals surface area contributed by atoms with Gasteiger partial charge >= 0.3 is 5.97 Å². The Morgan fingerprint density at radius 3 is 2.93 bits per heavy atom. The average molecular weight is 223 g/mol. The molecule has 1 atom stereocenters. The van der Waals surface area contributed by atoms with Crippen LogP contribution in [0.3, 0.4) is 0 Å². The van der Waals surface area contributed by atoms with Crippen LogP contribution >= 0.6 is 11.3 Å². The third-order valence-corrected chi connectivity index (χ3v) is 3.69. The molecule has 0 radical (unpaired) electrons. The van der Waals surface area contributed by atoms with E-state index >= 15 is 0 Å². The molecule has 1 heterocycles. The normalized spacial score (nSPS) is 21.1. The molecule has 1 aromatic heterocycles. The number of nitrogens with zero attached hydrogens (tertiary/aromatic N) is 1. The summed E-state index contributed by atoms with van der Waals surface area (Å²) in [6.45, 7) is 1.98. The van der Waals surface area contributed by atoms with Gasteiger partial charge < -0.3 is 5.11 Å². The highest BCUT2D eigenvalue weighted by Gasteiger charge is 2.21. The van der Waals surface area contributed by atoms with E-state index in [-0.39, 0.29) is 5.92 Å². The van der Waals surface area contributed by atoms with E-state index in [0.29, 0.717) is 6.42 Å². The zero-order valence-electron chi connectivity index (χ0n) is 8.56. The first kappa shape index (κ1) is 10.4. The molecule has 0 amide bonds. The number of hydrogen-bond acceptors (Lipinski definition) is 3. The molecule has 1 aliphatic carbocycles. The maximum absolute atomic E-state index is 10.8. The van der Waals surface area contributed by atoms with Crippen LogP contribution in [0.1, 0.15) is 30.0 Å². The van der Waals surface area contributed by atoms with Gasteiger partial charge in [0.2, 0.25) is 0 Å². The highest BCUT2D eigenvalue weighted by atomic mass is 32.1. The minimum atomic E-state index is -0.680. The first-order chi connectivity index (χ1) is 7.16. The van der Waals surface area contributed by atoms with Crippen LogP contribution in [-0.2, 0) is 4.79 Å². The second-order valence-corrected chi connectivity index (χ2v) is 4.69. The van der Waals surface area contributed by atoms with Crippen molar-refractivity contribution in [1.82, 2.24) is 4.98 Å². The van der Waals surface area contributed by atoms with Gasteiger partial charge in [-0.3, -0.25) is 4.79 Å². The molecule has 4 heteroatoms. The number of thiazole rings is 1. The highest BCUT2D eigenvalue weighted by Crippen LogP contribution is 2.31. The van der Waals surface area contributed by atoms with Crippen molar-refractivity contribution in [2.24, 2.45) is 5.92 Å². The van der Waals surface area contributed by atoms with Crippen molar-refractivity contribution < 1.29 is 9.90 Å². The smallest absolute Gasteiger partial charge is 0.306 e. The van der Waals surface area contributed by atoms with Gasteiger partial charge in [0.25, 0.3) is 0 Å². The summed E-state index contributed by atoms with van der Waals surface area (Å²) in [5, 5.41) is 11.9. The van der Waals surface area contributed by atoms with Gasteiger partial charge in [0, 0.05) is 11.1 Å². The lowest BCUT2D eigenvalue weighted by Gasteiger charge is -2.16. The molecule has 0 spiro atoms. The largest absolute Gasteiger partial charge is 0.481 e. The Morgan fingerprint density at radius 1 is 1.67 bits per heavy atom. The molecular weight excluding hydrogens is 210 g/mol. The zero-order valence-corrected chi connectivity index (χ0v) is 9.38. The molecule has 0 aromatic carbocycles. The van der Waals surface area contributed by atoms with Crippen LogP contribution in [-0.4, -0.2) is 16.1 Å². The topological polar surface area (TPSA) is 50.2 Å². The van der Waals surface area contributed by atoms with E-state index in [1.807, 2.05) is 18.4 Å². The molecule has 0 saturated heterocycles. The minimum Gasteiger partial charge on any atom is -0.481 e. The summed E-state index contributed by atoms with van der Waals surface area (Å²) >= 11 is 1.64. The monoisotopic (exact) mass is 223 g/mol. The number of allylic oxidation sites excluding steroid dienone is 2. The van der Waals surface area contributed by atoms with Gasteiger partial charge in [-0.2, -0.15) is 0 Å². The minimum absolute atomic E-state index is 0.199. The van der Waals surface area contributed by atoms with Gasteiger partial charge in [-0.05, 0) is 31.8 Å². The summed E-state index contributed by atoms with van der Waals surface area (Å²) < 4.78 is 0. The van der Waals surface area contributed by atoms with E-state index in [0.717, 1.165) is 23.5 Å². The lowest BCUT2D eigenvalue weighted by atomic mass is 9.90. The van der Waals surface area contributed by atoms with Gasteiger partial charge in [-0.15, -0.1) is 11.3 Å². The van der Waals surface area contributed by atoms with E-state index < -0.39 is 5.97 Å².